The number of aryl methyl sites for hydroxylation is 1. The molecule has 6 heteroatoms. The van der Waals surface area contributed by atoms with E-state index in [0.717, 1.165) is 22.3 Å². The number of hydrogen-bond donors (Lipinski definition) is 1. The Kier molecular flexibility index (Phi) is 4.28. The maximum atomic E-state index is 5.63. The van der Waals surface area contributed by atoms with Crippen LogP contribution in [-0.4, -0.2) is 15.8 Å². The quantitative estimate of drug-likeness (QED) is 0.661. The van der Waals surface area contributed by atoms with E-state index in [1.54, 1.807) is 6.20 Å². The van der Waals surface area contributed by atoms with Crippen LogP contribution in [0.2, 0.25) is 0 Å². The van der Waals surface area contributed by atoms with E-state index >= 15 is 0 Å². The molecule has 0 atom stereocenters. The summed E-state index contributed by atoms with van der Waals surface area (Å²) in [7, 11) is 0. The van der Waals surface area contributed by atoms with Gasteiger partial charge in [0.1, 0.15) is 0 Å². The first kappa shape index (κ1) is 12.3. The number of alkyl halides is 1. The summed E-state index contributed by atoms with van der Waals surface area (Å²) in [6, 6.07) is 7.57. The van der Waals surface area contributed by atoms with Crippen LogP contribution >= 0.6 is 27.5 Å². The van der Waals surface area contributed by atoms with Crippen molar-refractivity contribution in [1.82, 2.24) is 9.97 Å². The summed E-state index contributed by atoms with van der Waals surface area (Å²) < 4.78 is 1.01. The predicted octanol–water partition coefficient (Wildman–Crippen LogP) is 4.37. The van der Waals surface area contributed by atoms with Gasteiger partial charge in [-0.25, -0.2) is 4.98 Å². The lowest BCUT2D eigenvalue weighted by Crippen LogP contribution is -1.83. The third-order valence-corrected chi connectivity index (χ3v) is 2.78. The molecule has 2 aromatic rings. The molecule has 1 N–H and O–H groups in total. The summed E-state index contributed by atoms with van der Waals surface area (Å²) >= 11 is 8.99. The Labute approximate surface area is 112 Å². The zero-order valence-corrected chi connectivity index (χ0v) is 11.2. The fourth-order valence-corrected chi connectivity index (χ4v) is 1.71. The second kappa shape index (κ2) is 5.93. The van der Waals surface area contributed by atoms with Crippen molar-refractivity contribution in [3.05, 3.63) is 40.6 Å². The van der Waals surface area contributed by atoms with Crippen LogP contribution in [0.5, 0.6) is 0 Å². The molecule has 17 heavy (non-hydrogen) atoms. The third kappa shape index (κ3) is 3.64. The Morgan fingerprint density at radius 3 is 2.71 bits per heavy atom. The first-order chi connectivity index (χ1) is 8.28. The van der Waals surface area contributed by atoms with Crippen LogP contribution in [0, 0.1) is 0 Å². The fourth-order valence-electron chi connectivity index (χ4n) is 1.24. The summed E-state index contributed by atoms with van der Waals surface area (Å²) in [5.41, 5.74) is 1.74. The van der Waals surface area contributed by atoms with Gasteiger partial charge in [-0.15, -0.1) is 21.8 Å². The summed E-state index contributed by atoms with van der Waals surface area (Å²) in [6.45, 7) is 0. The number of halogens is 2. The van der Waals surface area contributed by atoms with E-state index in [1.165, 1.54) is 0 Å². The van der Waals surface area contributed by atoms with Gasteiger partial charge in [0, 0.05) is 22.5 Å². The summed E-state index contributed by atoms with van der Waals surface area (Å²) in [5.74, 6) is 1.05. The highest BCUT2D eigenvalue weighted by Gasteiger charge is 1.98. The van der Waals surface area contributed by atoms with Crippen molar-refractivity contribution < 1.29 is 0 Å². The molecule has 0 saturated heterocycles. The molecule has 1 aromatic carbocycles. The molecule has 1 heterocycles. The number of H-pyrrole nitrogens is 1. The van der Waals surface area contributed by atoms with Gasteiger partial charge in [-0.1, -0.05) is 15.9 Å². The van der Waals surface area contributed by atoms with Gasteiger partial charge in [-0.3, -0.25) is 0 Å². The van der Waals surface area contributed by atoms with Gasteiger partial charge in [-0.2, -0.15) is 0 Å². The van der Waals surface area contributed by atoms with E-state index in [9.17, 15) is 0 Å². The molecule has 0 spiro atoms. The van der Waals surface area contributed by atoms with Gasteiger partial charge in [0.2, 0.25) is 5.95 Å². The lowest BCUT2D eigenvalue weighted by Gasteiger charge is -1.91. The number of hydrogen-bond acceptors (Lipinski definition) is 3. The molecule has 0 aliphatic heterocycles. The highest BCUT2D eigenvalue weighted by Crippen LogP contribution is 2.19. The van der Waals surface area contributed by atoms with Crippen molar-refractivity contribution in [1.29, 1.82) is 0 Å². The second-order valence-corrected chi connectivity index (χ2v) is 4.64. The topological polar surface area (TPSA) is 53.4 Å². The second-order valence-electron chi connectivity index (χ2n) is 3.35. The molecule has 0 aliphatic carbocycles. The van der Waals surface area contributed by atoms with Crippen molar-refractivity contribution in [3.8, 4) is 0 Å². The highest BCUT2D eigenvalue weighted by atomic mass is 79.9. The number of rotatable bonds is 4. The Hall–Kier alpha value is -1.20. The molecule has 0 radical (unpaired) electrons. The summed E-state index contributed by atoms with van der Waals surface area (Å²) in [6.07, 6.45) is 2.47. The Morgan fingerprint density at radius 1 is 1.24 bits per heavy atom. The first-order valence-electron chi connectivity index (χ1n) is 5.05. The summed E-state index contributed by atoms with van der Waals surface area (Å²) in [4.78, 5) is 7.11. The zero-order chi connectivity index (χ0) is 12.1. The standard InChI is InChI=1S/C11H10BrClN4/c12-8-1-3-9(4-2-8)16-17-11-14-7-10(15-11)5-6-13/h1-4,7H,5-6H2,(H,14,15). The van der Waals surface area contributed by atoms with Crippen LogP contribution in [0.25, 0.3) is 0 Å². The van der Waals surface area contributed by atoms with Gasteiger partial charge in [-0.05, 0) is 24.3 Å². The number of aromatic amines is 1. The predicted molar refractivity (Wildman–Crippen MR) is 71.3 cm³/mol. The molecule has 0 amide bonds. The van der Waals surface area contributed by atoms with E-state index in [2.05, 4.69) is 36.1 Å². The smallest absolute Gasteiger partial charge is 0.246 e. The van der Waals surface area contributed by atoms with E-state index in [0.29, 0.717) is 11.8 Å². The van der Waals surface area contributed by atoms with Gasteiger partial charge < -0.3 is 4.98 Å². The van der Waals surface area contributed by atoms with Gasteiger partial charge in [0.25, 0.3) is 0 Å². The Bertz CT molecular complexity index is 506. The molecular formula is C11H10BrClN4. The van der Waals surface area contributed by atoms with E-state index < -0.39 is 0 Å². The van der Waals surface area contributed by atoms with Gasteiger partial charge >= 0.3 is 0 Å². The maximum Gasteiger partial charge on any atom is 0.246 e. The van der Waals surface area contributed by atoms with Gasteiger partial charge in [0.15, 0.2) is 0 Å². The number of azo groups is 1. The molecule has 0 aliphatic rings. The van der Waals surface area contributed by atoms with Crippen LogP contribution in [0.1, 0.15) is 5.69 Å². The number of nitrogens with zero attached hydrogens (tertiary/aromatic N) is 3. The van der Waals surface area contributed by atoms with Crippen molar-refractivity contribution in [2.75, 3.05) is 5.88 Å². The monoisotopic (exact) mass is 312 g/mol. The van der Waals surface area contributed by atoms with Crippen LogP contribution in [-0.2, 0) is 6.42 Å². The van der Waals surface area contributed by atoms with E-state index in [4.69, 9.17) is 11.6 Å². The SMILES string of the molecule is ClCCc1cnc(N=Nc2ccc(Br)cc2)[nH]1. The van der Waals surface area contributed by atoms with E-state index in [-0.39, 0.29) is 0 Å². The molecule has 1 aromatic heterocycles. The number of imidazole rings is 1. The molecule has 4 nitrogen and oxygen atoms in total. The van der Waals surface area contributed by atoms with Crippen molar-refractivity contribution in [3.63, 3.8) is 0 Å². The zero-order valence-electron chi connectivity index (χ0n) is 8.90. The minimum Gasteiger partial charge on any atom is -0.325 e. The first-order valence-corrected chi connectivity index (χ1v) is 6.38. The average Bonchev–Trinajstić information content (AvgIpc) is 2.77. The van der Waals surface area contributed by atoms with Crippen LogP contribution in [0.3, 0.4) is 0 Å². The minimum absolute atomic E-state index is 0.494. The van der Waals surface area contributed by atoms with Crippen molar-refractivity contribution in [2.45, 2.75) is 6.42 Å². The van der Waals surface area contributed by atoms with Crippen LogP contribution in [0.15, 0.2) is 45.2 Å². The lowest BCUT2D eigenvalue weighted by molar-refractivity contribution is 1.05. The summed E-state index contributed by atoms with van der Waals surface area (Å²) in [5, 5.41) is 8.08. The fraction of sp³-hybridized carbons (Fsp3) is 0.182. The molecule has 0 fully saturated rings. The molecule has 0 saturated carbocycles. The van der Waals surface area contributed by atoms with Crippen molar-refractivity contribution >= 4 is 39.2 Å². The average molecular weight is 314 g/mol. The van der Waals surface area contributed by atoms with Crippen LogP contribution < -0.4 is 0 Å². The molecule has 0 unspecified atom stereocenters. The molecule has 2 rings (SSSR count). The Balaban J connectivity index is 2.06. The maximum absolute atomic E-state index is 5.63. The molecular weight excluding hydrogens is 304 g/mol. The minimum atomic E-state index is 0.494. The van der Waals surface area contributed by atoms with Crippen molar-refractivity contribution in [2.24, 2.45) is 10.2 Å². The molecule has 88 valence electrons. The highest BCUT2D eigenvalue weighted by molar-refractivity contribution is 9.10. The van der Waals surface area contributed by atoms with Gasteiger partial charge in [0.05, 0.1) is 11.9 Å². The number of benzene rings is 1. The number of nitrogens with one attached hydrogen (secondary N) is 1. The third-order valence-electron chi connectivity index (χ3n) is 2.07. The largest absolute Gasteiger partial charge is 0.325 e. The van der Waals surface area contributed by atoms with Crippen LogP contribution in [0.4, 0.5) is 11.6 Å². The molecule has 0 bridgehead atoms. The lowest BCUT2D eigenvalue weighted by atomic mass is 10.3. The van der Waals surface area contributed by atoms with E-state index in [1.807, 2.05) is 24.3 Å². The normalized spacial score (nSPS) is 11.2. The Morgan fingerprint density at radius 2 is 2.00 bits per heavy atom. The number of aromatic nitrogens is 2.